The van der Waals surface area contributed by atoms with Crippen LogP contribution in [0.25, 0.3) is 44.9 Å². The lowest BCUT2D eigenvalue weighted by Gasteiger charge is -2.20. The number of benzene rings is 4. The van der Waals surface area contributed by atoms with Crippen LogP contribution in [0.5, 0.6) is 0 Å². The number of nitrogens with zero attached hydrogens (tertiary/aromatic N) is 3. The number of aryl methyl sites for hydroxylation is 3. The maximum absolute atomic E-state index is 2.53. The Bertz CT molecular complexity index is 2190. The highest BCUT2D eigenvalue weighted by Crippen LogP contribution is 2.39. The van der Waals surface area contributed by atoms with Gasteiger partial charge in [-0.05, 0) is 78.4 Å². The van der Waals surface area contributed by atoms with E-state index >= 15 is 0 Å². The SMILES string of the molecule is Cc1cc2[n+](cc1-c1ccccc1)C1(c3ccccc3-2)[n+]2ccccc2-c2ccccc2CCc2ccccc2-c2cccc[n+]21. The minimum Gasteiger partial charge on any atom is -0.0672 e. The average Bonchev–Trinajstić information content (AvgIpc) is 3.40. The van der Waals surface area contributed by atoms with E-state index in [2.05, 4.69) is 185 Å². The number of fused-ring (bicyclic) bond motifs is 13. The smallest absolute Gasteiger partial charge is 0.0672 e. The van der Waals surface area contributed by atoms with Gasteiger partial charge in [-0.15, -0.1) is 0 Å². The van der Waals surface area contributed by atoms with E-state index < -0.39 is 5.79 Å². The summed E-state index contributed by atoms with van der Waals surface area (Å²) in [5.41, 5.74) is 15.0. The summed E-state index contributed by atoms with van der Waals surface area (Å²) in [6.45, 7) is 2.24. The van der Waals surface area contributed by atoms with Crippen molar-refractivity contribution in [1.29, 1.82) is 0 Å². The topological polar surface area (TPSA) is 11.6 Å². The molecule has 3 aromatic heterocycles. The summed E-state index contributed by atoms with van der Waals surface area (Å²) in [7, 11) is 0. The quantitative estimate of drug-likeness (QED) is 0.173. The molecule has 1 spiro atoms. The Hall–Kier alpha value is -5.67. The maximum Gasteiger partial charge on any atom is 0.590 e. The van der Waals surface area contributed by atoms with Gasteiger partial charge in [0.1, 0.15) is 0 Å². The van der Waals surface area contributed by atoms with Crippen LogP contribution in [0.1, 0.15) is 22.3 Å². The molecule has 0 radical (unpaired) electrons. The second-order valence-electron chi connectivity index (χ2n) is 12.4. The van der Waals surface area contributed by atoms with Crippen LogP contribution in [0.15, 0.2) is 164 Å². The Balaban J connectivity index is 1.51. The average molecular weight is 593 g/mol. The van der Waals surface area contributed by atoms with Gasteiger partial charge in [0, 0.05) is 47.0 Å². The lowest BCUT2D eigenvalue weighted by Crippen LogP contribution is -2.86. The van der Waals surface area contributed by atoms with Crippen molar-refractivity contribution in [3.05, 3.63) is 186 Å². The number of pyridine rings is 3. The van der Waals surface area contributed by atoms with Crippen molar-refractivity contribution in [2.24, 2.45) is 0 Å². The second kappa shape index (κ2) is 10.5. The van der Waals surface area contributed by atoms with Gasteiger partial charge in [0.15, 0.2) is 24.2 Å². The summed E-state index contributed by atoms with van der Waals surface area (Å²) in [4.78, 5) is 0. The van der Waals surface area contributed by atoms with Crippen molar-refractivity contribution in [3.8, 4) is 44.9 Å². The number of hydrogen-bond donors (Lipinski definition) is 0. The first-order valence-corrected chi connectivity index (χ1v) is 16.2. The van der Waals surface area contributed by atoms with Gasteiger partial charge in [0.05, 0.1) is 5.56 Å². The molecule has 0 N–H and O–H groups in total. The number of aromatic nitrogens is 3. The summed E-state index contributed by atoms with van der Waals surface area (Å²) in [6.07, 6.45) is 8.87. The van der Waals surface area contributed by atoms with Crippen LogP contribution in [0.2, 0.25) is 0 Å². The van der Waals surface area contributed by atoms with E-state index in [1.807, 2.05) is 0 Å². The van der Waals surface area contributed by atoms with E-state index in [9.17, 15) is 0 Å². The third kappa shape index (κ3) is 3.81. The molecule has 0 atom stereocenters. The van der Waals surface area contributed by atoms with E-state index in [0.717, 1.165) is 12.8 Å². The molecule has 0 saturated heterocycles. The first-order valence-electron chi connectivity index (χ1n) is 16.2. The Labute approximate surface area is 270 Å². The maximum atomic E-state index is 2.53. The molecule has 0 bridgehead atoms. The van der Waals surface area contributed by atoms with E-state index in [0.29, 0.717) is 0 Å². The molecule has 4 aromatic carbocycles. The zero-order valence-corrected chi connectivity index (χ0v) is 25.8. The molecular weight excluding hydrogens is 558 g/mol. The standard InChI is InChI=1S/C43H34N3/c1-31-29-42-37-21-9-10-22-39(37)43(46(42)30-38(31)32-15-3-2-4-16-32)44-27-13-11-23-40(44)35-19-7-5-17-33(35)25-26-34-18-6-8-20-36(34)41-24-12-14-28-45(41)43/h2-24,27-30H,25-26H2,1H3/q+3. The van der Waals surface area contributed by atoms with Gasteiger partial charge in [-0.1, -0.05) is 92.6 Å². The summed E-state index contributed by atoms with van der Waals surface area (Å²) >= 11 is 0. The van der Waals surface area contributed by atoms with Gasteiger partial charge in [-0.2, -0.15) is 0 Å². The van der Waals surface area contributed by atoms with Crippen molar-refractivity contribution in [3.63, 3.8) is 0 Å². The van der Waals surface area contributed by atoms with Crippen LogP contribution in [-0.2, 0) is 18.6 Å². The van der Waals surface area contributed by atoms with Crippen LogP contribution < -0.4 is 13.7 Å². The molecular formula is C43H34N3+3. The summed E-state index contributed by atoms with van der Waals surface area (Å²) < 4.78 is 7.56. The van der Waals surface area contributed by atoms with Gasteiger partial charge in [0.2, 0.25) is 17.1 Å². The summed E-state index contributed by atoms with van der Waals surface area (Å²) in [5, 5.41) is 0. The zero-order chi connectivity index (χ0) is 30.7. The molecule has 9 rings (SSSR count). The molecule has 2 aliphatic heterocycles. The van der Waals surface area contributed by atoms with E-state index in [4.69, 9.17) is 0 Å². The molecule has 0 amide bonds. The fraction of sp³-hybridized carbons (Fsp3) is 0.0930. The molecule has 46 heavy (non-hydrogen) atoms. The first-order chi connectivity index (χ1) is 22.7. The molecule has 0 saturated carbocycles. The van der Waals surface area contributed by atoms with Crippen molar-refractivity contribution in [1.82, 2.24) is 0 Å². The van der Waals surface area contributed by atoms with Crippen molar-refractivity contribution >= 4 is 0 Å². The van der Waals surface area contributed by atoms with E-state index in [1.54, 1.807) is 0 Å². The zero-order valence-electron chi connectivity index (χ0n) is 25.8. The molecule has 0 aliphatic carbocycles. The summed E-state index contributed by atoms with van der Waals surface area (Å²) in [6, 6.07) is 53.4. The molecule has 0 unspecified atom stereocenters. The highest BCUT2D eigenvalue weighted by molar-refractivity contribution is 5.72. The Morgan fingerprint density at radius 1 is 0.457 bits per heavy atom. The van der Waals surface area contributed by atoms with Gasteiger partial charge in [0.25, 0.3) is 0 Å². The Morgan fingerprint density at radius 2 is 0.978 bits per heavy atom. The normalized spacial score (nSPS) is 13.8. The fourth-order valence-corrected chi connectivity index (χ4v) is 7.89. The van der Waals surface area contributed by atoms with Gasteiger partial charge < -0.3 is 0 Å². The van der Waals surface area contributed by atoms with Gasteiger partial charge in [-0.25, -0.2) is 0 Å². The fourth-order valence-electron chi connectivity index (χ4n) is 7.89. The lowest BCUT2D eigenvalue weighted by atomic mass is 9.94. The molecule has 5 heterocycles. The predicted molar refractivity (Wildman–Crippen MR) is 182 cm³/mol. The van der Waals surface area contributed by atoms with Crippen LogP contribution in [0.4, 0.5) is 0 Å². The van der Waals surface area contributed by atoms with Crippen molar-refractivity contribution in [2.75, 3.05) is 0 Å². The predicted octanol–water partition coefficient (Wildman–Crippen LogP) is 7.69. The lowest BCUT2D eigenvalue weighted by molar-refractivity contribution is -1.15. The largest absolute Gasteiger partial charge is 0.590 e. The highest BCUT2D eigenvalue weighted by Gasteiger charge is 2.70. The van der Waals surface area contributed by atoms with E-state index in [1.165, 1.54) is 67.2 Å². The number of rotatable bonds is 1. The van der Waals surface area contributed by atoms with Crippen LogP contribution in [0.3, 0.4) is 0 Å². The molecule has 218 valence electrons. The minimum atomic E-state index is -0.791. The van der Waals surface area contributed by atoms with Gasteiger partial charge in [-0.3, -0.25) is 0 Å². The second-order valence-corrected chi connectivity index (χ2v) is 12.4. The third-order valence-electron chi connectivity index (χ3n) is 9.92. The van der Waals surface area contributed by atoms with Gasteiger partial charge >= 0.3 is 5.79 Å². The third-order valence-corrected chi connectivity index (χ3v) is 9.92. The monoisotopic (exact) mass is 592 g/mol. The van der Waals surface area contributed by atoms with Crippen LogP contribution in [0, 0.1) is 6.92 Å². The minimum absolute atomic E-state index is 0.791. The molecule has 2 aliphatic rings. The molecule has 3 heteroatoms. The Kier molecular flexibility index (Phi) is 6.07. The van der Waals surface area contributed by atoms with Crippen molar-refractivity contribution < 1.29 is 13.7 Å². The van der Waals surface area contributed by atoms with E-state index in [-0.39, 0.29) is 0 Å². The summed E-state index contributed by atoms with van der Waals surface area (Å²) in [5.74, 6) is -0.791. The molecule has 3 nitrogen and oxygen atoms in total. The van der Waals surface area contributed by atoms with Crippen LogP contribution in [-0.4, -0.2) is 0 Å². The number of hydrogen-bond acceptors (Lipinski definition) is 0. The van der Waals surface area contributed by atoms with Crippen LogP contribution >= 0.6 is 0 Å². The Morgan fingerprint density at radius 3 is 1.61 bits per heavy atom. The molecule has 0 fully saturated rings. The first kappa shape index (κ1) is 26.7. The molecule has 7 aromatic rings. The van der Waals surface area contributed by atoms with Crippen molar-refractivity contribution in [2.45, 2.75) is 25.6 Å². The highest BCUT2D eigenvalue weighted by atomic mass is 15.4.